The highest BCUT2D eigenvalue weighted by Crippen LogP contribution is 2.23. The highest BCUT2D eigenvalue weighted by molar-refractivity contribution is 7.98. The molecule has 0 aromatic heterocycles. The highest BCUT2D eigenvalue weighted by Gasteiger charge is 2.14. The van der Waals surface area contributed by atoms with Gasteiger partial charge in [0.05, 0.1) is 0 Å². The van der Waals surface area contributed by atoms with E-state index < -0.39 is 0 Å². The second kappa shape index (κ2) is 10.5. The van der Waals surface area contributed by atoms with Crippen molar-refractivity contribution in [2.75, 3.05) is 0 Å². The fraction of sp³-hybridized carbons (Fsp3) is 0.133. The van der Waals surface area contributed by atoms with E-state index in [0.29, 0.717) is 22.3 Å². The van der Waals surface area contributed by atoms with Crippen LogP contribution >= 0.6 is 23.5 Å². The first-order valence-electron chi connectivity index (χ1n) is 11.3. The Morgan fingerprint density at radius 2 is 0.735 bits per heavy atom. The number of ketones is 2. The molecule has 34 heavy (non-hydrogen) atoms. The van der Waals surface area contributed by atoms with Gasteiger partial charge in [0.25, 0.3) is 0 Å². The van der Waals surface area contributed by atoms with Crippen molar-refractivity contribution in [3.63, 3.8) is 0 Å². The molecule has 4 aromatic carbocycles. The molecular weight excluding hydrogens is 456 g/mol. The summed E-state index contributed by atoms with van der Waals surface area (Å²) >= 11 is 3.74. The minimum Gasteiger partial charge on any atom is -0.289 e. The summed E-state index contributed by atoms with van der Waals surface area (Å²) in [5.41, 5.74) is 7.36. The van der Waals surface area contributed by atoms with Crippen LogP contribution in [-0.2, 0) is 23.0 Å². The van der Waals surface area contributed by atoms with Gasteiger partial charge in [-0.1, -0.05) is 91.0 Å². The number of carbonyl (C=O) groups excluding carboxylic acids is 2. The van der Waals surface area contributed by atoms with Crippen LogP contribution in [0.25, 0.3) is 0 Å². The molecule has 0 unspecified atom stereocenters. The van der Waals surface area contributed by atoms with Crippen molar-refractivity contribution in [2.24, 2.45) is 0 Å². The Kier molecular flexibility index (Phi) is 6.98. The Morgan fingerprint density at radius 1 is 0.412 bits per heavy atom. The molecule has 0 atom stereocenters. The van der Waals surface area contributed by atoms with Gasteiger partial charge in [-0.25, -0.2) is 0 Å². The van der Waals surface area contributed by atoms with Gasteiger partial charge in [0.1, 0.15) is 0 Å². The van der Waals surface area contributed by atoms with E-state index in [9.17, 15) is 9.59 Å². The molecule has 8 rings (SSSR count). The summed E-state index contributed by atoms with van der Waals surface area (Å²) in [5.74, 6) is 3.57. The fourth-order valence-electron chi connectivity index (χ4n) is 3.94. The number of benzene rings is 4. The molecule has 0 saturated heterocycles. The van der Waals surface area contributed by atoms with Crippen LogP contribution < -0.4 is 0 Å². The van der Waals surface area contributed by atoms with E-state index >= 15 is 0 Å². The number of carbonyl (C=O) groups is 2. The van der Waals surface area contributed by atoms with Gasteiger partial charge in [-0.2, -0.15) is 23.5 Å². The Bertz CT molecular complexity index is 1210. The lowest BCUT2D eigenvalue weighted by Crippen LogP contribution is -2.06. The molecule has 2 nitrogen and oxygen atoms in total. The van der Waals surface area contributed by atoms with E-state index in [1.807, 2.05) is 72.1 Å². The zero-order chi connectivity index (χ0) is 23.3. The first kappa shape index (κ1) is 22.7. The molecule has 4 aromatic rings. The summed E-state index contributed by atoms with van der Waals surface area (Å²) in [6, 6.07) is 31.5. The van der Waals surface area contributed by atoms with Crippen LogP contribution in [-0.4, -0.2) is 11.6 Å². The fourth-order valence-corrected chi connectivity index (χ4v) is 5.86. The zero-order valence-corrected chi connectivity index (χ0v) is 20.3. The van der Waals surface area contributed by atoms with Gasteiger partial charge in [-0.3, -0.25) is 9.59 Å². The van der Waals surface area contributed by atoms with Crippen molar-refractivity contribution < 1.29 is 9.59 Å². The van der Waals surface area contributed by atoms with Gasteiger partial charge in [0, 0.05) is 45.3 Å². The highest BCUT2D eigenvalue weighted by atomic mass is 32.2. The van der Waals surface area contributed by atoms with Crippen LogP contribution in [0.15, 0.2) is 97.1 Å². The SMILES string of the molecule is O=C1c2ccc(cc2)CSCc2ccc(cc2)CSCc2ccc(cc2)C(=O)c2cccc1c2. The van der Waals surface area contributed by atoms with Crippen molar-refractivity contribution in [3.05, 3.63) is 142 Å². The molecule has 4 aliphatic heterocycles. The molecule has 0 aliphatic carbocycles. The molecule has 0 radical (unpaired) electrons. The lowest BCUT2D eigenvalue weighted by Gasteiger charge is -2.07. The van der Waals surface area contributed by atoms with Crippen LogP contribution in [0.5, 0.6) is 0 Å². The Balaban J connectivity index is 1.45. The van der Waals surface area contributed by atoms with E-state index in [0.717, 1.165) is 23.0 Å². The van der Waals surface area contributed by atoms with Gasteiger partial charge in [0.2, 0.25) is 0 Å². The molecule has 0 N–H and O–H groups in total. The number of hydrogen-bond acceptors (Lipinski definition) is 4. The molecule has 0 saturated carbocycles. The van der Waals surface area contributed by atoms with Crippen molar-refractivity contribution in [3.8, 4) is 0 Å². The second-order valence-corrected chi connectivity index (χ2v) is 10.4. The maximum atomic E-state index is 13.1. The quantitative estimate of drug-likeness (QED) is 0.264. The van der Waals surface area contributed by atoms with Crippen LogP contribution in [0.1, 0.15) is 54.1 Å². The first-order valence-corrected chi connectivity index (χ1v) is 13.6. The molecule has 0 fully saturated rings. The van der Waals surface area contributed by atoms with Gasteiger partial charge < -0.3 is 0 Å². The van der Waals surface area contributed by atoms with Gasteiger partial charge in [-0.15, -0.1) is 0 Å². The lowest BCUT2D eigenvalue weighted by molar-refractivity contribution is 0.103. The maximum Gasteiger partial charge on any atom is 0.193 e. The summed E-state index contributed by atoms with van der Waals surface area (Å²) in [4.78, 5) is 26.1. The molecule has 0 spiro atoms. The largest absolute Gasteiger partial charge is 0.289 e. The molecule has 4 heterocycles. The smallest absolute Gasteiger partial charge is 0.193 e. The number of fused-ring (bicyclic) bond motifs is 3. The van der Waals surface area contributed by atoms with Crippen molar-refractivity contribution >= 4 is 35.1 Å². The minimum absolute atomic E-state index is 0.0697. The zero-order valence-electron chi connectivity index (χ0n) is 18.7. The topological polar surface area (TPSA) is 34.1 Å². The predicted molar refractivity (Wildman–Crippen MR) is 143 cm³/mol. The maximum absolute atomic E-state index is 13.1. The molecule has 4 aliphatic rings. The third kappa shape index (κ3) is 5.35. The monoisotopic (exact) mass is 480 g/mol. The Labute approximate surface area is 208 Å². The molecule has 8 bridgehead atoms. The predicted octanol–water partition coefficient (Wildman–Crippen LogP) is 7.33. The molecule has 4 heteroatoms. The van der Waals surface area contributed by atoms with Crippen molar-refractivity contribution in [2.45, 2.75) is 23.0 Å². The second-order valence-electron chi connectivity index (χ2n) is 8.43. The summed E-state index contributed by atoms with van der Waals surface area (Å²) in [6.45, 7) is 0. The van der Waals surface area contributed by atoms with Crippen molar-refractivity contribution in [1.82, 2.24) is 0 Å². The molecule has 168 valence electrons. The van der Waals surface area contributed by atoms with Crippen LogP contribution in [0, 0.1) is 0 Å². The summed E-state index contributed by atoms with van der Waals surface area (Å²) in [7, 11) is 0. The summed E-state index contributed by atoms with van der Waals surface area (Å²) < 4.78 is 0. The number of rotatable bonds is 0. The minimum atomic E-state index is -0.0697. The Hall–Kier alpha value is -3.08. The third-order valence-corrected chi connectivity index (χ3v) is 8.07. The molecule has 0 amide bonds. The third-order valence-electron chi connectivity index (χ3n) is 5.92. The summed E-state index contributed by atoms with van der Waals surface area (Å²) in [6.07, 6.45) is 0. The number of thioether (sulfide) groups is 2. The lowest BCUT2D eigenvalue weighted by atomic mass is 9.97. The normalized spacial score (nSPS) is 14.5. The van der Waals surface area contributed by atoms with E-state index in [4.69, 9.17) is 0 Å². The number of hydrogen-bond donors (Lipinski definition) is 0. The van der Waals surface area contributed by atoms with Crippen LogP contribution in [0.4, 0.5) is 0 Å². The van der Waals surface area contributed by atoms with E-state index in [2.05, 4.69) is 24.3 Å². The van der Waals surface area contributed by atoms with Gasteiger partial charge >= 0.3 is 0 Å². The first-order chi connectivity index (χ1) is 16.7. The van der Waals surface area contributed by atoms with Crippen LogP contribution in [0.2, 0.25) is 0 Å². The average Bonchev–Trinajstić information content (AvgIpc) is 2.89. The van der Waals surface area contributed by atoms with E-state index in [1.54, 1.807) is 24.3 Å². The van der Waals surface area contributed by atoms with Gasteiger partial charge in [-0.05, 0) is 28.3 Å². The average molecular weight is 481 g/mol. The van der Waals surface area contributed by atoms with E-state index in [-0.39, 0.29) is 11.6 Å². The summed E-state index contributed by atoms with van der Waals surface area (Å²) in [5, 5.41) is 0. The Morgan fingerprint density at radius 3 is 1.09 bits per heavy atom. The van der Waals surface area contributed by atoms with Crippen molar-refractivity contribution in [1.29, 1.82) is 0 Å². The van der Waals surface area contributed by atoms with Crippen LogP contribution in [0.3, 0.4) is 0 Å². The van der Waals surface area contributed by atoms with E-state index in [1.165, 1.54) is 22.3 Å². The molecular formula is C30H24O2S2. The standard InChI is InChI=1S/C30H24O2S2/c31-29-25-12-8-23(9-13-25)19-33-17-21-4-6-22(7-5-21)18-34-20-24-10-14-26(15-11-24)30(32)28-3-1-2-27(29)16-28/h1-16H,17-20H2. The van der Waals surface area contributed by atoms with Gasteiger partial charge in [0.15, 0.2) is 11.6 Å².